The second-order valence-corrected chi connectivity index (χ2v) is 9.20. The van der Waals surface area contributed by atoms with E-state index in [2.05, 4.69) is 21.7 Å². The van der Waals surface area contributed by atoms with Gasteiger partial charge in [-0.1, -0.05) is 24.3 Å². The monoisotopic (exact) mass is 555 g/mol. The number of aromatic nitrogens is 1. The van der Waals surface area contributed by atoms with Crippen LogP contribution in [0, 0.1) is 17.1 Å². The number of rotatable bonds is 12. The highest BCUT2D eigenvalue weighted by molar-refractivity contribution is 6.04. The number of halogens is 1. The van der Waals surface area contributed by atoms with Gasteiger partial charge in [-0.3, -0.25) is 9.78 Å². The number of likely N-dealkylation sites (N-methyl/N-ethyl adjacent to an activating group) is 1. The number of benzene rings is 3. The average molecular weight is 556 g/mol. The molecule has 3 aromatic carbocycles. The summed E-state index contributed by atoms with van der Waals surface area (Å²) >= 11 is 0. The Balaban J connectivity index is 1.69. The third kappa shape index (κ3) is 7.79. The van der Waals surface area contributed by atoms with E-state index in [1.54, 1.807) is 55.7 Å². The van der Waals surface area contributed by atoms with E-state index in [4.69, 9.17) is 14.2 Å². The Hall–Kier alpha value is -4.98. The number of hydrogen-bond donors (Lipinski definition) is 2. The molecule has 10 heteroatoms. The minimum atomic E-state index is -0.581. The molecule has 1 heterocycles. The van der Waals surface area contributed by atoms with Crippen LogP contribution in [-0.4, -0.2) is 56.8 Å². The SMILES string of the molecule is COCCOc1cc2ncc(C#N)c(Nc3ccc(Oc4ccccc4)c(F)c3)c2cc1NC(=O)/C=C/CN(C)C. The fraction of sp³-hybridized carbons (Fsp3) is 0.194. The van der Waals surface area contributed by atoms with Crippen molar-refractivity contribution in [3.63, 3.8) is 0 Å². The predicted octanol–water partition coefficient (Wildman–Crippen LogP) is 5.86. The van der Waals surface area contributed by atoms with Gasteiger partial charge in [-0.25, -0.2) is 4.39 Å². The van der Waals surface area contributed by atoms with Crippen LogP contribution >= 0.6 is 0 Å². The second kappa shape index (κ2) is 13.9. The number of nitriles is 1. The Morgan fingerprint density at radius 1 is 1.10 bits per heavy atom. The van der Waals surface area contributed by atoms with Gasteiger partial charge in [-0.15, -0.1) is 0 Å². The van der Waals surface area contributed by atoms with Crippen LogP contribution in [-0.2, 0) is 9.53 Å². The first kappa shape index (κ1) is 29.0. The van der Waals surface area contributed by atoms with Gasteiger partial charge in [0, 0.05) is 49.1 Å². The van der Waals surface area contributed by atoms with Crippen LogP contribution in [0.1, 0.15) is 5.56 Å². The largest absolute Gasteiger partial charge is 0.489 e. The van der Waals surface area contributed by atoms with Crippen LogP contribution in [0.5, 0.6) is 17.2 Å². The Morgan fingerprint density at radius 3 is 2.61 bits per heavy atom. The molecule has 0 saturated carbocycles. The number of nitrogens with zero attached hydrogens (tertiary/aromatic N) is 3. The predicted molar refractivity (Wildman–Crippen MR) is 156 cm³/mol. The van der Waals surface area contributed by atoms with Gasteiger partial charge in [0.1, 0.15) is 24.2 Å². The number of ether oxygens (including phenoxy) is 3. The van der Waals surface area contributed by atoms with Crippen molar-refractivity contribution in [2.45, 2.75) is 0 Å². The van der Waals surface area contributed by atoms with Crippen molar-refractivity contribution in [3.05, 3.63) is 90.4 Å². The van der Waals surface area contributed by atoms with Crippen LogP contribution < -0.4 is 20.1 Å². The highest BCUT2D eigenvalue weighted by atomic mass is 19.1. The first-order valence-corrected chi connectivity index (χ1v) is 12.8. The average Bonchev–Trinajstić information content (AvgIpc) is 2.95. The fourth-order valence-electron chi connectivity index (χ4n) is 3.86. The number of anilines is 3. The van der Waals surface area contributed by atoms with Crippen molar-refractivity contribution in [2.24, 2.45) is 0 Å². The number of pyridine rings is 1. The zero-order valence-corrected chi connectivity index (χ0v) is 23.0. The van der Waals surface area contributed by atoms with Gasteiger partial charge in [-0.05, 0) is 44.4 Å². The summed E-state index contributed by atoms with van der Waals surface area (Å²) in [5.74, 6) is 0.0287. The molecule has 0 radical (unpaired) electrons. The number of amides is 1. The summed E-state index contributed by atoms with van der Waals surface area (Å²) in [6.45, 7) is 1.19. The van der Waals surface area contributed by atoms with Crippen molar-refractivity contribution in [1.29, 1.82) is 5.26 Å². The summed E-state index contributed by atoms with van der Waals surface area (Å²) in [7, 11) is 5.36. The maximum absolute atomic E-state index is 15.0. The highest BCUT2D eigenvalue weighted by Gasteiger charge is 2.16. The van der Waals surface area contributed by atoms with Crippen LogP contribution in [0.2, 0.25) is 0 Å². The molecule has 1 aromatic heterocycles. The molecule has 0 fully saturated rings. The Morgan fingerprint density at radius 2 is 1.90 bits per heavy atom. The first-order valence-electron chi connectivity index (χ1n) is 12.8. The van der Waals surface area contributed by atoms with E-state index < -0.39 is 5.82 Å². The number of methoxy groups -OCH3 is 1. The Bertz CT molecular complexity index is 1590. The molecular weight excluding hydrogens is 525 g/mol. The molecule has 210 valence electrons. The molecule has 1 amide bonds. The van der Waals surface area contributed by atoms with Gasteiger partial charge >= 0.3 is 0 Å². The minimum absolute atomic E-state index is 0.0620. The number of carbonyl (C=O) groups excluding carboxylic acids is 1. The van der Waals surface area contributed by atoms with Gasteiger partial charge < -0.3 is 29.7 Å². The second-order valence-electron chi connectivity index (χ2n) is 9.20. The van der Waals surface area contributed by atoms with Crippen LogP contribution in [0.3, 0.4) is 0 Å². The molecule has 9 nitrogen and oxygen atoms in total. The van der Waals surface area contributed by atoms with Crippen LogP contribution in [0.4, 0.5) is 21.5 Å². The number of fused-ring (bicyclic) bond motifs is 1. The molecule has 0 aliphatic carbocycles. The highest BCUT2D eigenvalue weighted by Crippen LogP contribution is 2.37. The van der Waals surface area contributed by atoms with Gasteiger partial charge in [0.15, 0.2) is 11.6 Å². The molecule has 0 bridgehead atoms. The number of nitrogens with one attached hydrogen (secondary N) is 2. The molecule has 4 aromatic rings. The van der Waals surface area contributed by atoms with Gasteiger partial charge in [0.25, 0.3) is 0 Å². The summed E-state index contributed by atoms with van der Waals surface area (Å²) in [6.07, 6.45) is 4.60. The Labute approximate surface area is 237 Å². The number of carbonyl (C=O) groups is 1. The van der Waals surface area contributed by atoms with E-state index in [9.17, 15) is 14.4 Å². The normalized spacial score (nSPS) is 11.0. The van der Waals surface area contributed by atoms with Crippen LogP contribution in [0.15, 0.2) is 79.0 Å². The summed E-state index contributed by atoms with van der Waals surface area (Å²) in [6, 6.07) is 18.8. The van der Waals surface area contributed by atoms with Gasteiger partial charge in [-0.2, -0.15) is 5.26 Å². The summed E-state index contributed by atoms with van der Waals surface area (Å²) < 4.78 is 31.6. The molecule has 4 rings (SSSR count). The summed E-state index contributed by atoms with van der Waals surface area (Å²) in [5.41, 5.74) is 1.91. The maximum atomic E-state index is 15.0. The molecule has 0 aliphatic heterocycles. The minimum Gasteiger partial charge on any atom is -0.489 e. The number of para-hydroxylation sites is 1. The maximum Gasteiger partial charge on any atom is 0.248 e. The third-order valence-electron chi connectivity index (χ3n) is 5.80. The lowest BCUT2D eigenvalue weighted by Gasteiger charge is -2.16. The van der Waals surface area contributed by atoms with E-state index in [1.165, 1.54) is 24.4 Å². The van der Waals surface area contributed by atoms with Crippen molar-refractivity contribution in [2.75, 3.05) is 51.6 Å². The zero-order valence-electron chi connectivity index (χ0n) is 23.0. The molecular formula is C31H30FN5O4. The Kier molecular flexibility index (Phi) is 9.83. The van der Waals surface area contributed by atoms with Gasteiger partial charge in [0.05, 0.1) is 29.1 Å². The van der Waals surface area contributed by atoms with Crippen LogP contribution in [0.25, 0.3) is 10.9 Å². The van der Waals surface area contributed by atoms with Gasteiger partial charge in [0.2, 0.25) is 5.91 Å². The molecule has 0 atom stereocenters. The van der Waals surface area contributed by atoms with E-state index in [0.29, 0.717) is 52.6 Å². The summed E-state index contributed by atoms with van der Waals surface area (Å²) in [5, 5.41) is 16.3. The lowest BCUT2D eigenvalue weighted by atomic mass is 10.1. The number of hydrogen-bond acceptors (Lipinski definition) is 8. The first-order chi connectivity index (χ1) is 19.9. The van der Waals surface area contributed by atoms with Crippen molar-refractivity contribution in [1.82, 2.24) is 9.88 Å². The van der Waals surface area contributed by atoms with E-state index in [0.717, 1.165) is 0 Å². The van der Waals surface area contributed by atoms with Crippen molar-refractivity contribution in [3.8, 4) is 23.3 Å². The topological polar surface area (TPSA) is 109 Å². The van der Waals surface area contributed by atoms with E-state index in [-0.39, 0.29) is 23.8 Å². The molecule has 0 spiro atoms. The third-order valence-corrected chi connectivity index (χ3v) is 5.80. The quantitative estimate of drug-likeness (QED) is 0.165. The molecule has 2 N–H and O–H groups in total. The van der Waals surface area contributed by atoms with Crippen molar-refractivity contribution >= 4 is 33.9 Å². The smallest absolute Gasteiger partial charge is 0.248 e. The molecule has 0 unspecified atom stereocenters. The zero-order chi connectivity index (χ0) is 29.2. The lowest BCUT2D eigenvalue weighted by molar-refractivity contribution is -0.111. The molecule has 41 heavy (non-hydrogen) atoms. The summed E-state index contributed by atoms with van der Waals surface area (Å²) in [4.78, 5) is 19.0. The van der Waals surface area contributed by atoms with E-state index in [1.807, 2.05) is 25.1 Å². The fourth-order valence-corrected chi connectivity index (χ4v) is 3.86. The lowest BCUT2D eigenvalue weighted by Crippen LogP contribution is -2.14. The van der Waals surface area contributed by atoms with Crippen molar-refractivity contribution < 1.29 is 23.4 Å². The standard InChI is InChI=1S/C31H30FN5O4/c1-37(2)13-7-10-30(38)36-27-17-24-26(18-29(27)40-15-14-39-3)34-20-21(19-33)31(24)35-22-11-12-28(25(32)16-22)41-23-8-5-4-6-9-23/h4-12,16-18,20H,13-15H2,1-3H3,(H,34,35)(H,36,38)/b10-7+. The van der Waals surface area contributed by atoms with E-state index >= 15 is 0 Å². The molecule has 0 saturated heterocycles. The molecule has 0 aliphatic rings.